The maximum atomic E-state index is 12.5. The first-order valence-corrected chi connectivity index (χ1v) is 9.22. The van der Waals surface area contributed by atoms with Crippen LogP contribution in [0.4, 0.5) is 5.69 Å². The first-order chi connectivity index (χ1) is 12.3. The highest BCUT2D eigenvalue weighted by molar-refractivity contribution is 7.92. The fourth-order valence-electron chi connectivity index (χ4n) is 2.12. The zero-order valence-electron chi connectivity index (χ0n) is 14.8. The highest BCUT2D eigenvalue weighted by Gasteiger charge is 2.16. The fraction of sp³-hybridized carbons (Fsp3) is 0.167. The van der Waals surface area contributed by atoms with Crippen LogP contribution >= 0.6 is 0 Å². The number of ether oxygens (including phenoxy) is 1. The molecule has 138 valence electrons. The summed E-state index contributed by atoms with van der Waals surface area (Å²) in [7, 11) is 1.14. The number of hydrogen-bond acceptors (Lipinski definition) is 5. The second-order valence-electron chi connectivity index (χ2n) is 5.58. The van der Waals surface area contributed by atoms with Crippen LogP contribution in [-0.2, 0) is 14.8 Å². The van der Waals surface area contributed by atoms with E-state index < -0.39 is 10.0 Å². The number of para-hydroxylation sites is 2. The zero-order chi connectivity index (χ0) is 19.2. The van der Waals surface area contributed by atoms with Gasteiger partial charge in [0.1, 0.15) is 5.75 Å². The van der Waals surface area contributed by atoms with Gasteiger partial charge in [-0.2, -0.15) is 0 Å². The van der Waals surface area contributed by atoms with E-state index in [1.165, 1.54) is 30.3 Å². The Morgan fingerprint density at radius 2 is 1.73 bits per heavy atom. The molecule has 0 saturated carbocycles. The summed E-state index contributed by atoms with van der Waals surface area (Å²) < 4.78 is 32.7. The monoisotopic (exact) mass is 375 g/mol. The average molecular weight is 375 g/mol. The van der Waals surface area contributed by atoms with Crippen LogP contribution in [0, 0.1) is 0 Å². The first-order valence-electron chi connectivity index (χ1n) is 7.74. The summed E-state index contributed by atoms with van der Waals surface area (Å²) in [5.41, 5.74) is 3.64. The van der Waals surface area contributed by atoms with E-state index in [2.05, 4.69) is 10.1 Å². The molecule has 1 amide bonds. The number of hydrogen-bond donors (Lipinski definition) is 2. The van der Waals surface area contributed by atoms with Crippen molar-refractivity contribution in [3.05, 3.63) is 60.2 Å². The van der Waals surface area contributed by atoms with Crippen LogP contribution in [0.5, 0.6) is 5.75 Å². The van der Waals surface area contributed by atoms with Crippen molar-refractivity contribution in [3.8, 4) is 5.75 Å². The second-order valence-corrected chi connectivity index (χ2v) is 7.26. The molecule has 0 heterocycles. The molecule has 26 heavy (non-hydrogen) atoms. The molecule has 0 aliphatic carbocycles. The van der Waals surface area contributed by atoms with Gasteiger partial charge in [0, 0.05) is 20.2 Å². The molecule has 7 nitrogen and oxygen atoms in total. The number of methoxy groups -OCH3 is 1. The van der Waals surface area contributed by atoms with E-state index in [9.17, 15) is 13.2 Å². The Labute approximate surface area is 153 Å². The Kier molecular flexibility index (Phi) is 6.37. The van der Waals surface area contributed by atoms with Gasteiger partial charge in [-0.1, -0.05) is 24.3 Å². The predicted octanol–water partition coefficient (Wildman–Crippen LogP) is 2.10. The third-order valence-electron chi connectivity index (χ3n) is 3.30. The van der Waals surface area contributed by atoms with Crippen LogP contribution in [0.1, 0.15) is 5.56 Å². The van der Waals surface area contributed by atoms with Crippen LogP contribution < -0.4 is 14.9 Å². The molecule has 0 spiro atoms. The van der Waals surface area contributed by atoms with E-state index in [4.69, 9.17) is 4.74 Å². The lowest BCUT2D eigenvalue weighted by molar-refractivity contribution is -0.119. The third kappa shape index (κ3) is 5.33. The number of hydrazine groups is 1. The molecule has 0 saturated heterocycles. The lowest BCUT2D eigenvalue weighted by Crippen LogP contribution is -2.34. The number of carbonyl (C=O) groups excluding carboxylic acids is 1. The van der Waals surface area contributed by atoms with Gasteiger partial charge < -0.3 is 4.74 Å². The van der Waals surface area contributed by atoms with E-state index in [1.807, 2.05) is 0 Å². The minimum Gasteiger partial charge on any atom is -0.495 e. The summed E-state index contributed by atoms with van der Waals surface area (Å²) in [4.78, 5) is 11.7. The molecule has 0 aliphatic rings. The van der Waals surface area contributed by atoms with Crippen molar-refractivity contribution in [2.24, 2.45) is 0 Å². The van der Waals surface area contributed by atoms with E-state index in [-0.39, 0.29) is 10.8 Å². The Balaban J connectivity index is 2.14. The number of nitrogens with one attached hydrogen (secondary N) is 2. The molecule has 0 aliphatic heterocycles. The summed E-state index contributed by atoms with van der Waals surface area (Å²) >= 11 is 0. The van der Waals surface area contributed by atoms with Crippen molar-refractivity contribution < 1.29 is 17.9 Å². The Morgan fingerprint density at radius 3 is 2.35 bits per heavy atom. The molecular formula is C18H21N3O4S. The number of carbonyl (C=O) groups is 1. The topological polar surface area (TPSA) is 87.7 Å². The molecule has 8 heteroatoms. The van der Waals surface area contributed by atoms with E-state index in [0.717, 1.165) is 0 Å². The summed E-state index contributed by atoms with van der Waals surface area (Å²) in [5, 5.41) is 1.53. The standard InChI is InChI=1S/C18H21N3O4S/c1-21(2)19-18(22)13-10-14-8-11-15(12-9-14)26(23,24)20-16-6-4-5-7-17(16)25-3/h4-13,20H,1-3H3,(H,19,22)/b13-10+. The average Bonchev–Trinajstić information content (AvgIpc) is 2.60. The maximum Gasteiger partial charge on any atom is 0.262 e. The van der Waals surface area contributed by atoms with Gasteiger partial charge in [0.25, 0.3) is 15.9 Å². The minimum atomic E-state index is -3.75. The van der Waals surface area contributed by atoms with Crippen molar-refractivity contribution in [1.29, 1.82) is 0 Å². The van der Waals surface area contributed by atoms with Gasteiger partial charge in [-0.15, -0.1) is 0 Å². The number of rotatable bonds is 7. The predicted molar refractivity (Wildman–Crippen MR) is 101 cm³/mol. The maximum absolute atomic E-state index is 12.5. The summed E-state index contributed by atoms with van der Waals surface area (Å²) in [6, 6.07) is 13.0. The van der Waals surface area contributed by atoms with Crippen LogP contribution in [0.15, 0.2) is 59.5 Å². The van der Waals surface area contributed by atoms with E-state index in [0.29, 0.717) is 17.0 Å². The quantitative estimate of drug-likeness (QED) is 0.572. The molecule has 0 unspecified atom stereocenters. The molecule has 0 aromatic heterocycles. The zero-order valence-corrected chi connectivity index (χ0v) is 15.6. The molecule has 2 N–H and O–H groups in total. The number of benzene rings is 2. The van der Waals surface area contributed by atoms with Gasteiger partial charge in [-0.25, -0.2) is 13.4 Å². The minimum absolute atomic E-state index is 0.110. The molecule has 2 rings (SSSR count). The smallest absolute Gasteiger partial charge is 0.262 e. The van der Waals surface area contributed by atoms with Crippen molar-refractivity contribution in [1.82, 2.24) is 10.4 Å². The second kappa shape index (κ2) is 8.50. The number of amides is 1. The van der Waals surface area contributed by atoms with Gasteiger partial charge in [0.05, 0.1) is 17.7 Å². The normalized spacial score (nSPS) is 11.5. The van der Waals surface area contributed by atoms with Crippen molar-refractivity contribution in [2.45, 2.75) is 4.90 Å². The van der Waals surface area contributed by atoms with Crippen LogP contribution in [0.25, 0.3) is 6.08 Å². The van der Waals surface area contributed by atoms with Crippen molar-refractivity contribution in [3.63, 3.8) is 0 Å². The lowest BCUT2D eigenvalue weighted by Gasteiger charge is -2.11. The summed E-state index contributed by atoms with van der Waals surface area (Å²) in [5.74, 6) is 0.159. The van der Waals surface area contributed by atoms with Gasteiger partial charge >= 0.3 is 0 Å². The summed E-state index contributed by atoms with van der Waals surface area (Å²) in [6.07, 6.45) is 2.97. The van der Waals surface area contributed by atoms with Crippen molar-refractivity contribution in [2.75, 3.05) is 25.9 Å². The van der Waals surface area contributed by atoms with Crippen LogP contribution in [0.2, 0.25) is 0 Å². The largest absolute Gasteiger partial charge is 0.495 e. The van der Waals surface area contributed by atoms with Gasteiger partial charge in [0.15, 0.2) is 0 Å². The molecule has 0 atom stereocenters. The highest BCUT2D eigenvalue weighted by Crippen LogP contribution is 2.26. The number of anilines is 1. The molecule has 0 fully saturated rings. The molecule has 0 bridgehead atoms. The van der Waals surface area contributed by atoms with E-state index in [1.54, 1.807) is 56.6 Å². The molecule has 0 radical (unpaired) electrons. The Morgan fingerprint density at radius 1 is 1.08 bits per heavy atom. The molecule has 2 aromatic carbocycles. The first kappa shape index (κ1) is 19.5. The fourth-order valence-corrected chi connectivity index (χ4v) is 3.19. The van der Waals surface area contributed by atoms with Gasteiger partial charge in [-0.05, 0) is 35.9 Å². The molecular weight excluding hydrogens is 354 g/mol. The van der Waals surface area contributed by atoms with Crippen LogP contribution in [-0.4, -0.2) is 40.5 Å². The number of sulfonamides is 1. The van der Waals surface area contributed by atoms with Crippen LogP contribution in [0.3, 0.4) is 0 Å². The summed E-state index contributed by atoms with van der Waals surface area (Å²) in [6.45, 7) is 0. The van der Waals surface area contributed by atoms with Gasteiger partial charge in [-0.3, -0.25) is 14.9 Å². The Bertz CT molecular complexity index is 891. The third-order valence-corrected chi connectivity index (χ3v) is 4.68. The molecule has 2 aromatic rings. The number of nitrogens with zero attached hydrogens (tertiary/aromatic N) is 1. The Hall–Kier alpha value is -2.84. The lowest BCUT2D eigenvalue weighted by atomic mass is 10.2. The SMILES string of the molecule is COc1ccccc1NS(=O)(=O)c1ccc(/C=C/C(=O)NN(C)C)cc1. The van der Waals surface area contributed by atoms with Gasteiger partial charge in [0.2, 0.25) is 0 Å². The van der Waals surface area contributed by atoms with Crippen molar-refractivity contribution >= 4 is 27.7 Å². The highest BCUT2D eigenvalue weighted by atomic mass is 32.2. The van der Waals surface area contributed by atoms with E-state index >= 15 is 0 Å².